The fraction of sp³-hybridized carbons (Fsp3) is 0.143. The number of aromatic amines is 2. The molecule has 0 saturated carbocycles. The molecule has 2 aromatic heterocycles. The van der Waals surface area contributed by atoms with Crippen LogP contribution in [0.15, 0.2) is 82.7 Å². The minimum atomic E-state index is -3.91. The monoisotopic (exact) mass is 593 g/mol. The van der Waals surface area contributed by atoms with Crippen molar-refractivity contribution >= 4 is 45.7 Å². The number of nitrogens with zero attached hydrogens (tertiary/aromatic N) is 5. The molecular weight excluding hydrogens is 575 g/mol. The zero-order valence-electron chi connectivity index (χ0n) is 21.0. The predicted molar refractivity (Wildman–Crippen MR) is 150 cm³/mol. The lowest BCUT2D eigenvalue weighted by Crippen LogP contribution is -2.42. The molecule has 3 heterocycles. The number of amides is 1. The van der Waals surface area contributed by atoms with Crippen molar-refractivity contribution in [2.75, 3.05) is 0 Å². The van der Waals surface area contributed by atoms with Gasteiger partial charge in [-0.3, -0.25) is 9.59 Å². The molecule has 206 valence electrons. The third-order valence-electron chi connectivity index (χ3n) is 6.80. The van der Waals surface area contributed by atoms with Gasteiger partial charge < -0.3 is 4.98 Å². The summed E-state index contributed by atoms with van der Waals surface area (Å²) >= 11 is 12.2. The molecule has 1 aliphatic heterocycles. The summed E-state index contributed by atoms with van der Waals surface area (Å²) in [6, 6.07) is 19.7. The zero-order valence-corrected chi connectivity index (χ0v) is 22.5. The lowest BCUT2D eigenvalue weighted by Gasteiger charge is -2.25. The molecule has 0 radical (unpaired) electrons. The van der Waals surface area contributed by atoms with Crippen LogP contribution in [0.25, 0.3) is 22.0 Å². The van der Waals surface area contributed by atoms with Gasteiger partial charge in [0.1, 0.15) is 0 Å². The highest BCUT2D eigenvalue weighted by Gasteiger charge is 2.48. The van der Waals surface area contributed by atoms with Crippen molar-refractivity contribution in [1.29, 1.82) is 0 Å². The molecule has 3 aromatic carbocycles. The molecule has 0 bridgehead atoms. The Morgan fingerprint density at radius 2 is 1.66 bits per heavy atom. The van der Waals surface area contributed by atoms with Crippen molar-refractivity contribution in [3.63, 3.8) is 0 Å². The number of carbonyl (C=O) groups is 1. The van der Waals surface area contributed by atoms with Gasteiger partial charge >= 0.3 is 11.8 Å². The Bertz CT molecular complexity index is 1840. The van der Waals surface area contributed by atoms with E-state index in [-0.39, 0.29) is 23.5 Å². The second-order valence-corrected chi connectivity index (χ2v) is 10.3. The number of hydrogen-bond acceptors (Lipinski definition) is 6. The molecule has 0 spiro atoms. The Labute approximate surface area is 240 Å². The molecule has 9 nitrogen and oxygen atoms in total. The molecular formula is C28H19Cl2F2N7O2. The van der Waals surface area contributed by atoms with E-state index in [1.54, 1.807) is 60.7 Å². The molecule has 1 aliphatic rings. The van der Waals surface area contributed by atoms with E-state index in [0.29, 0.717) is 37.6 Å². The van der Waals surface area contributed by atoms with Crippen LogP contribution in [0, 0.1) is 0 Å². The Morgan fingerprint density at radius 1 is 0.976 bits per heavy atom. The van der Waals surface area contributed by atoms with E-state index in [9.17, 15) is 9.59 Å². The number of pyridine rings is 1. The largest absolute Gasteiger partial charge is 0.333 e. The summed E-state index contributed by atoms with van der Waals surface area (Å²) in [5, 5.41) is 19.2. The van der Waals surface area contributed by atoms with Gasteiger partial charge in [0.15, 0.2) is 5.82 Å². The molecule has 1 amide bonds. The molecule has 0 unspecified atom stereocenters. The fourth-order valence-electron chi connectivity index (χ4n) is 4.93. The lowest BCUT2D eigenvalue weighted by molar-refractivity contribution is -0.159. The summed E-state index contributed by atoms with van der Waals surface area (Å²) in [4.78, 5) is 29.8. The number of carbonyl (C=O) groups excluding carboxylic acids is 1. The van der Waals surface area contributed by atoms with E-state index >= 15 is 8.78 Å². The number of tetrazole rings is 1. The minimum absolute atomic E-state index is 0.00628. The van der Waals surface area contributed by atoms with Crippen LogP contribution in [0.4, 0.5) is 8.78 Å². The van der Waals surface area contributed by atoms with Gasteiger partial charge in [0.2, 0.25) is 0 Å². The first kappa shape index (κ1) is 26.7. The third-order valence-corrected chi connectivity index (χ3v) is 7.30. The predicted octanol–water partition coefficient (Wildman–Crippen LogP) is 5.57. The summed E-state index contributed by atoms with van der Waals surface area (Å²) in [6.45, 7) is 0. The van der Waals surface area contributed by atoms with Crippen molar-refractivity contribution in [3.8, 4) is 11.1 Å². The number of hydrogen-bond donors (Lipinski definition) is 2. The van der Waals surface area contributed by atoms with Crippen LogP contribution in [-0.4, -0.2) is 48.2 Å². The van der Waals surface area contributed by atoms with Crippen LogP contribution in [0.1, 0.15) is 29.4 Å². The van der Waals surface area contributed by atoms with E-state index in [1.807, 2.05) is 12.1 Å². The maximum atomic E-state index is 15.3. The van der Waals surface area contributed by atoms with Crippen LogP contribution in [0.2, 0.25) is 10.0 Å². The van der Waals surface area contributed by atoms with Gasteiger partial charge in [0.05, 0.1) is 23.7 Å². The van der Waals surface area contributed by atoms with Crippen LogP contribution in [0.3, 0.4) is 0 Å². The summed E-state index contributed by atoms with van der Waals surface area (Å²) in [5.41, 5.74) is 2.18. The van der Waals surface area contributed by atoms with Crippen molar-refractivity contribution < 1.29 is 13.6 Å². The Hall–Kier alpha value is -4.48. The standard InChI is InChI=1S/C28H19Cl2F2N7O2/c29-17-9-5-15(6-10-17)22-13-21(36-39(22)27(41)28(31,32)14-23-34-37-38-35-23)25-24(16-7-11-18(30)12-8-16)19-3-1-2-4-20(19)33-26(25)40/h1-12,22H,13-14H2,(H,33,40)(H,34,35,37,38)/t22-/m0/s1. The average Bonchev–Trinajstić information content (AvgIpc) is 3.63. The second kappa shape index (κ2) is 10.5. The van der Waals surface area contributed by atoms with E-state index < -0.39 is 29.9 Å². The fourth-order valence-corrected chi connectivity index (χ4v) is 5.18. The van der Waals surface area contributed by atoms with E-state index in [1.165, 1.54) is 0 Å². The normalized spacial score (nSPS) is 15.4. The van der Waals surface area contributed by atoms with Gasteiger partial charge in [-0.2, -0.15) is 19.1 Å². The molecule has 0 saturated heterocycles. The van der Waals surface area contributed by atoms with Gasteiger partial charge in [-0.15, -0.1) is 10.2 Å². The van der Waals surface area contributed by atoms with Crippen molar-refractivity contribution in [2.24, 2.45) is 5.10 Å². The number of H-pyrrole nitrogens is 2. The number of para-hydroxylation sites is 1. The highest BCUT2D eigenvalue weighted by atomic mass is 35.5. The third kappa shape index (κ3) is 5.09. The lowest BCUT2D eigenvalue weighted by atomic mass is 9.91. The highest BCUT2D eigenvalue weighted by molar-refractivity contribution is 6.31. The number of alkyl halides is 2. The first-order valence-electron chi connectivity index (χ1n) is 12.4. The number of rotatable bonds is 6. The number of benzene rings is 3. The highest BCUT2D eigenvalue weighted by Crippen LogP contribution is 2.39. The molecule has 0 fully saturated rings. The van der Waals surface area contributed by atoms with Gasteiger partial charge in [-0.25, -0.2) is 5.01 Å². The van der Waals surface area contributed by atoms with Gasteiger partial charge in [0, 0.05) is 32.9 Å². The minimum Gasteiger partial charge on any atom is -0.321 e. The molecule has 6 rings (SSSR count). The van der Waals surface area contributed by atoms with E-state index in [0.717, 1.165) is 5.01 Å². The van der Waals surface area contributed by atoms with E-state index in [2.05, 4.69) is 30.7 Å². The van der Waals surface area contributed by atoms with Crippen LogP contribution in [-0.2, 0) is 11.2 Å². The van der Waals surface area contributed by atoms with E-state index in [4.69, 9.17) is 23.2 Å². The van der Waals surface area contributed by atoms with Gasteiger partial charge in [-0.05, 0) is 41.5 Å². The van der Waals surface area contributed by atoms with Gasteiger partial charge in [-0.1, -0.05) is 70.9 Å². The number of fused-ring (bicyclic) bond motifs is 1. The summed E-state index contributed by atoms with van der Waals surface area (Å²) in [5.74, 6) is -5.81. The molecule has 0 aliphatic carbocycles. The summed E-state index contributed by atoms with van der Waals surface area (Å²) in [6.07, 6.45) is -1.09. The maximum absolute atomic E-state index is 15.3. The van der Waals surface area contributed by atoms with Crippen LogP contribution in [0.5, 0.6) is 0 Å². The van der Waals surface area contributed by atoms with Gasteiger partial charge in [0.25, 0.3) is 5.56 Å². The first-order valence-corrected chi connectivity index (χ1v) is 13.1. The first-order chi connectivity index (χ1) is 19.7. The number of aromatic nitrogens is 5. The SMILES string of the molecule is O=C(N1N=C(c2c(-c3ccc(Cl)cc3)c3ccccc3[nH]c2=O)C[C@H]1c1ccc(Cl)cc1)C(F)(F)Cc1nn[nH]n1. The molecule has 5 aromatic rings. The summed E-state index contributed by atoms with van der Waals surface area (Å²) in [7, 11) is 0. The topological polar surface area (TPSA) is 120 Å². The molecule has 13 heteroatoms. The Kier molecular flexibility index (Phi) is 6.84. The Balaban J connectivity index is 1.52. The number of nitrogens with one attached hydrogen (secondary N) is 2. The quantitative estimate of drug-likeness (QED) is 0.266. The smallest absolute Gasteiger partial charge is 0.321 e. The second-order valence-electron chi connectivity index (χ2n) is 9.43. The average molecular weight is 594 g/mol. The molecule has 41 heavy (non-hydrogen) atoms. The van der Waals surface area contributed by atoms with Crippen LogP contribution < -0.4 is 5.56 Å². The molecule has 1 atom stereocenters. The van der Waals surface area contributed by atoms with Crippen LogP contribution >= 0.6 is 23.2 Å². The zero-order chi connectivity index (χ0) is 28.7. The van der Waals surface area contributed by atoms with Crippen molar-refractivity contribution in [3.05, 3.63) is 110 Å². The maximum Gasteiger partial charge on any atom is 0.333 e. The van der Waals surface area contributed by atoms with Crippen molar-refractivity contribution in [1.82, 2.24) is 30.6 Å². The summed E-state index contributed by atoms with van der Waals surface area (Å²) < 4.78 is 30.6. The Morgan fingerprint density at radius 3 is 2.34 bits per heavy atom. The number of hydrazone groups is 1. The number of halogens is 4. The molecule has 2 N–H and O–H groups in total. The van der Waals surface area contributed by atoms with Crippen molar-refractivity contribution in [2.45, 2.75) is 24.8 Å².